The average Bonchev–Trinajstić information content (AvgIpc) is 3.34. The van der Waals surface area contributed by atoms with Crippen molar-refractivity contribution in [3.8, 4) is 0 Å². The normalized spacial score (nSPS) is 25.3. The van der Waals surface area contributed by atoms with Crippen molar-refractivity contribution in [3.05, 3.63) is 35.4 Å². The van der Waals surface area contributed by atoms with E-state index in [2.05, 4.69) is 12.2 Å². The minimum atomic E-state index is -0.808. The first-order valence-corrected chi connectivity index (χ1v) is 8.01. The molecule has 1 N–H and O–H groups in total. The van der Waals surface area contributed by atoms with Gasteiger partial charge in [-0.25, -0.2) is 8.78 Å². The number of carbonyl (C=O) groups is 1. The zero-order valence-electron chi connectivity index (χ0n) is 12.8. The molecule has 3 rings (SSSR count). The maximum atomic E-state index is 13.6. The smallest absolute Gasteiger partial charge is 0.225 e. The van der Waals surface area contributed by atoms with E-state index in [-0.39, 0.29) is 12.0 Å². The van der Waals surface area contributed by atoms with Crippen molar-refractivity contribution in [2.75, 3.05) is 13.1 Å². The molecule has 1 saturated carbocycles. The Bertz CT molecular complexity index is 560. The molecule has 2 atom stereocenters. The van der Waals surface area contributed by atoms with Crippen molar-refractivity contribution in [2.45, 2.75) is 38.8 Å². The third-order valence-electron chi connectivity index (χ3n) is 4.73. The molecule has 1 aromatic carbocycles. The molecule has 0 radical (unpaired) electrons. The highest BCUT2D eigenvalue weighted by Crippen LogP contribution is 2.32. The monoisotopic (exact) mass is 308 g/mol. The SMILES string of the molecule is C[C@@H]1CN(C(=O)C2CC2)CC[C@H]1NCc1cccc(F)c1F. The van der Waals surface area contributed by atoms with Gasteiger partial charge < -0.3 is 10.2 Å². The minimum absolute atomic E-state index is 0.228. The number of halogens is 2. The van der Waals surface area contributed by atoms with E-state index in [9.17, 15) is 13.6 Å². The van der Waals surface area contributed by atoms with Gasteiger partial charge in [0.15, 0.2) is 11.6 Å². The van der Waals surface area contributed by atoms with Crippen LogP contribution in [0.4, 0.5) is 8.78 Å². The Hall–Kier alpha value is -1.49. The Balaban J connectivity index is 1.53. The van der Waals surface area contributed by atoms with E-state index >= 15 is 0 Å². The molecule has 1 aliphatic carbocycles. The molecule has 120 valence electrons. The third kappa shape index (κ3) is 3.29. The van der Waals surface area contributed by atoms with Gasteiger partial charge in [-0.05, 0) is 31.2 Å². The lowest BCUT2D eigenvalue weighted by molar-refractivity contribution is -0.134. The molecule has 22 heavy (non-hydrogen) atoms. The van der Waals surface area contributed by atoms with Crippen molar-refractivity contribution in [3.63, 3.8) is 0 Å². The van der Waals surface area contributed by atoms with Gasteiger partial charge in [0.25, 0.3) is 0 Å². The first-order chi connectivity index (χ1) is 10.6. The lowest BCUT2D eigenvalue weighted by Gasteiger charge is -2.37. The Labute approximate surface area is 129 Å². The van der Waals surface area contributed by atoms with E-state index in [0.717, 1.165) is 38.4 Å². The van der Waals surface area contributed by atoms with Crippen LogP contribution >= 0.6 is 0 Å². The van der Waals surface area contributed by atoms with Crippen molar-refractivity contribution >= 4 is 5.91 Å². The second-order valence-electron chi connectivity index (χ2n) is 6.52. The van der Waals surface area contributed by atoms with Crippen LogP contribution in [0.2, 0.25) is 0 Å². The van der Waals surface area contributed by atoms with Crippen LogP contribution in [-0.4, -0.2) is 29.9 Å². The highest BCUT2D eigenvalue weighted by molar-refractivity contribution is 5.81. The Kier molecular flexibility index (Phi) is 4.43. The van der Waals surface area contributed by atoms with E-state index in [1.54, 1.807) is 6.07 Å². The highest BCUT2D eigenvalue weighted by Gasteiger charge is 2.36. The molecule has 1 amide bonds. The molecule has 0 unspecified atom stereocenters. The highest BCUT2D eigenvalue weighted by atomic mass is 19.2. The van der Waals surface area contributed by atoms with Gasteiger partial charge in [-0.2, -0.15) is 0 Å². The quantitative estimate of drug-likeness (QED) is 0.927. The Morgan fingerprint density at radius 2 is 2.09 bits per heavy atom. The molecule has 1 aromatic rings. The maximum Gasteiger partial charge on any atom is 0.225 e. The van der Waals surface area contributed by atoms with Crippen LogP contribution in [-0.2, 0) is 11.3 Å². The van der Waals surface area contributed by atoms with E-state index < -0.39 is 11.6 Å². The largest absolute Gasteiger partial charge is 0.342 e. The molecule has 1 aliphatic heterocycles. The van der Waals surface area contributed by atoms with E-state index in [4.69, 9.17) is 0 Å². The summed E-state index contributed by atoms with van der Waals surface area (Å²) in [5.41, 5.74) is 0.351. The van der Waals surface area contributed by atoms with E-state index in [1.807, 2.05) is 4.90 Å². The topological polar surface area (TPSA) is 32.3 Å². The standard InChI is InChI=1S/C17H22F2N2O/c1-11-10-21(17(22)12-5-6-12)8-7-15(11)20-9-13-3-2-4-14(18)16(13)19/h2-4,11-12,15,20H,5-10H2,1H3/t11-,15-/m1/s1. The molecule has 2 aliphatic rings. The first-order valence-electron chi connectivity index (χ1n) is 8.01. The molecule has 0 aromatic heterocycles. The first kappa shape index (κ1) is 15.4. The van der Waals surface area contributed by atoms with Gasteiger partial charge in [-0.1, -0.05) is 19.1 Å². The summed E-state index contributed by atoms with van der Waals surface area (Å²) in [6, 6.07) is 4.48. The zero-order valence-corrected chi connectivity index (χ0v) is 12.8. The predicted molar refractivity (Wildman–Crippen MR) is 80.1 cm³/mol. The van der Waals surface area contributed by atoms with Crippen LogP contribution in [0.15, 0.2) is 18.2 Å². The van der Waals surface area contributed by atoms with Crippen molar-refractivity contribution in [2.24, 2.45) is 11.8 Å². The fourth-order valence-electron chi connectivity index (χ4n) is 3.16. The Morgan fingerprint density at radius 3 is 2.77 bits per heavy atom. The maximum absolute atomic E-state index is 13.6. The van der Waals surface area contributed by atoms with Crippen molar-refractivity contribution in [1.82, 2.24) is 10.2 Å². The van der Waals surface area contributed by atoms with Gasteiger partial charge in [-0.15, -0.1) is 0 Å². The van der Waals surface area contributed by atoms with Crippen LogP contribution in [0.25, 0.3) is 0 Å². The summed E-state index contributed by atoms with van der Waals surface area (Å²) >= 11 is 0. The number of hydrogen-bond acceptors (Lipinski definition) is 2. The number of piperidine rings is 1. The van der Waals surface area contributed by atoms with Gasteiger partial charge in [0.2, 0.25) is 5.91 Å². The summed E-state index contributed by atoms with van der Waals surface area (Å²) < 4.78 is 26.8. The number of hydrogen-bond donors (Lipinski definition) is 1. The van der Waals surface area contributed by atoms with E-state index in [1.165, 1.54) is 6.07 Å². The summed E-state index contributed by atoms with van der Waals surface area (Å²) in [4.78, 5) is 14.0. The van der Waals surface area contributed by atoms with Crippen molar-refractivity contribution in [1.29, 1.82) is 0 Å². The van der Waals surface area contributed by atoms with Gasteiger partial charge in [-0.3, -0.25) is 4.79 Å². The lowest BCUT2D eigenvalue weighted by atomic mass is 9.93. The average molecular weight is 308 g/mol. The fraction of sp³-hybridized carbons (Fsp3) is 0.588. The molecule has 2 fully saturated rings. The summed E-state index contributed by atoms with van der Waals surface area (Å²) in [5, 5.41) is 3.32. The number of benzene rings is 1. The second kappa shape index (κ2) is 6.32. The third-order valence-corrected chi connectivity index (χ3v) is 4.73. The number of carbonyl (C=O) groups excluding carboxylic acids is 1. The van der Waals surface area contributed by atoms with Crippen LogP contribution in [0.3, 0.4) is 0 Å². The molecule has 1 heterocycles. The van der Waals surface area contributed by atoms with Crippen LogP contribution in [0, 0.1) is 23.5 Å². The van der Waals surface area contributed by atoms with Gasteiger partial charge in [0.05, 0.1) is 0 Å². The summed E-state index contributed by atoms with van der Waals surface area (Å²) in [5.74, 6) is -0.714. The summed E-state index contributed by atoms with van der Waals surface area (Å²) in [6.07, 6.45) is 2.92. The molecule has 3 nitrogen and oxygen atoms in total. The lowest BCUT2D eigenvalue weighted by Crippen LogP contribution is -2.50. The minimum Gasteiger partial charge on any atom is -0.342 e. The van der Waals surface area contributed by atoms with Crippen molar-refractivity contribution < 1.29 is 13.6 Å². The van der Waals surface area contributed by atoms with Crippen LogP contribution < -0.4 is 5.32 Å². The number of amides is 1. The molecule has 0 spiro atoms. The summed E-state index contributed by atoms with van der Waals surface area (Å²) in [7, 11) is 0. The Morgan fingerprint density at radius 1 is 1.32 bits per heavy atom. The second-order valence-corrected chi connectivity index (χ2v) is 6.52. The fourth-order valence-corrected chi connectivity index (χ4v) is 3.16. The van der Waals surface area contributed by atoms with Crippen LogP contribution in [0.5, 0.6) is 0 Å². The zero-order chi connectivity index (χ0) is 15.7. The molecule has 5 heteroatoms. The van der Waals surface area contributed by atoms with Crippen LogP contribution in [0.1, 0.15) is 31.7 Å². The summed E-state index contributed by atoms with van der Waals surface area (Å²) in [6.45, 7) is 3.92. The van der Waals surface area contributed by atoms with E-state index in [0.29, 0.717) is 23.9 Å². The predicted octanol–water partition coefficient (Wildman–Crippen LogP) is 2.70. The number of likely N-dealkylation sites (tertiary alicyclic amines) is 1. The van der Waals surface area contributed by atoms with Gasteiger partial charge in [0, 0.05) is 37.2 Å². The number of rotatable bonds is 4. The molecular weight excluding hydrogens is 286 g/mol. The van der Waals surface area contributed by atoms with Gasteiger partial charge >= 0.3 is 0 Å². The number of nitrogens with zero attached hydrogens (tertiary/aromatic N) is 1. The van der Waals surface area contributed by atoms with Gasteiger partial charge in [0.1, 0.15) is 0 Å². The number of nitrogens with one attached hydrogen (secondary N) is 1. The molecular formula is C17H22F2N2O. The molecule has 1 saturated heterocycles. The molecule has 0 bridgehead atoms.